The molecule has 0 spiro atoms. The summed E-state index contributed by atoms with van der Waals surface area (Å²) in [4.78, 5) is 24.9. The zero-order valence-corrected chi connectivity index (χ0v) is 13.7. The number of amides is 1. The number of rotatable bonds is 5. The van der Waals surface area contributed by atoms with E-state index < -0.39 is 6.10 Å². The zero-order chi connectivity index (χ0) is 16.9. The summed E-state index contributed by atoms with van der Waals surface area (Å²) in [7, 11) is 2.02. The third-order valence-corrected chi connectivity index (χ3v) is 4.46. The number of benzene rings is 1. The minimum atomic E-state index is -1.09. The lowest BCUT2D eigenvalue weighted by Gasteiger charge is -2.25. The van der Waals surface area contributed by atoms with Crippen LogP contribution in [0.2, 0.25) is 0 Å². The standard InChI is InChI=1S/C18H22N4O2/c1-21(13-16-19-9-5-10-20-16)15-8-11-22(12-15)18(24)17(23)14-6-3-2-4-7-14/h2-7,9-10,15,17,23H,8,11-13H2,1H3/t15-,17-/m1/s1. The van der Waals surface area contributed by atoms with Crippen LogP contribution in [0, 0.1) is 0 Å². The Bertz CT molecular complexity index is 665. The number of aromatic nitrogens is 2. The molecule has 2 heterocycles. The number of carbonyl (C=O) groups is 1. The van der Waals surface area contributed by atoms with Crippen molar-refractivity contribution in [3.05, 3.63) is 60.2 Å². The second-order valence-electron chi connectivity index (χ2n) is 6.12. The maximum Gasteiger partial charge on any atom is 0.256 e. The van der Waals surface area contributed by atoms with Gasteiger partial charge in [-0.25, -0.2) is 9.97 Å². The molecule has 1 aliphatic heterocycles. The number of hydrogen-bond acceptors (Lipinski definition) is 5. The Balaban J connectivity index is 1.57. The van der Waals surface area contributed by atoms with Crippen LogP contribution in [0.25, 0.3) is 0 Å². The Morgan fingerprint density at radius 2 is 2.00 bits per heavy atom. The number of nitrogens with zero attached hydrogens (tertiary/aromatic N) is 4. The van der Waals surface area contributed by atoms with E-state index in [4.69, 9.17) is 0 Å². The lowest BCUT2D eigenvalue weighted by atomic mass is 10.1. The van der Waals surface area contributed by atoms with Gasteiger partial charge >= 0.3 is 0 Å². The Hall–Kier alpha value is -2.31. The van der Waals surface area contributed by atoms with E-state index in [1.165, 1.54) is 0 Å². The molecule has 1 aliphatic rings. The van der Waals surface area contributed by atoms with Crippen LogP contribution >= 0.6 is 0 Å². The Morgan fingerprint density at radius 1 is 1.29 bits per heavy atom. The van der Waals surface area contributed by atoms with Crippen molar-refractivity contribution < 1.29 is 9.90 Å². The normalized spacial score (nSPS) is 18.8. The third kappa shape index (κ3) is 3.77. The monoisotopic (exact) mass is 326 g/mol. The summed E-state index contributed by atoms with van der Waals surface area (Å²) in [5.41, 5.74) is 0.636. The van der Waals surface area contributed by atoms with E-state index in [2.05, 4.69) is 14.9 Å². The van der Waals surface area contributed by atoms with E-state index in [9.17, 15) is 9.90 Å². The first kappa shape index (κ1) is 16.5. The molecule has 2 aromatic rings. The first-order valence-electron chi connectivity index (χ1n) is 8.13. The fraction of sp³-hybridized carbons (Fsp3) is 0.389. The van der Waals surface area contributed by atoms with Gasteiger partial charge in [-0.1, -0.05) is 30.3 Å². The van der Waals surface area contributed by atoms with Gasteiger partial charge in [-0.3, -0.25) is 9.69 Å². The number of aliphatic hydroxyl groups excluding tert-OH is 1. The minimum Gasteiger partial charge on any atom is -0.378 e. The maximum atomic E-state index is 12.5. The van der Waals surface area contributed by atoms with Gasteiger partial charge in [0, 0.05) is 31.5 Å². The molecule has 1 fully saturated rings. The fourth-order valence-electron chi connectivity index (χ4n) is 3.02. The maximum absolute atomic E-state index is 12.5. The molecule has 2 atom stereocenters. The smallest absolute Gasteiger partial charge is 0.256 e. The number of likely N-dealkylation sites (tertiary alicyclic amines) is 1. The molecule has 6 nitrogen and oxygen atoms in total. The molecule has 0 radical (unpaired) electrons. The van der Waals surface area contributed by atoms with Crippen molar-refractivity contribution in [2.24, 2.45) is 0 Å². The van der Waals surface area contributed by atoms with Crippen LogP contribution in [-0.2, 0) is 11.3 Å². The topological polar surface area (TPSA) is 69.6 Å². The molecule has 1 aromatic heterocycles. The summed E-state index contributed by atoms with van der Waals surface area (Å²) in [6.07, 6.45) is 3.26. The molecule has 0 unspecified atom stereocenters. The molecule has 1 aromatic carbocycles. The molecule has 24 heavy (non-hydrogen) atoms. The van der Waals surface area contributed by atoms with Gasteiger partial charge in [0.1, 0.15) is 5.82 Å². The number of hydrogen-bond donors (Lipinski definition) is 1. The summed E-state index contributed by atoms with van der Waals surface area (Å²) in [6.45, 7) is 1.92. The van der Waals surface area contributed by atoms with Crippen LogP contribution in [-0.4, -0.2) is 57.0 Å². The highest BCUT2D eigenvalue weighted by atomic mass is 16.3. The van der Waals surface area contributed by atoms with E-state index in [0.29, 0.717) is 25.2 Å². The van der Waals surface area contributed by atoms with E-state index in [0.717, 1.165) is 12.2 Å². The highest BCUT2D eigenvalue weighted by Gasteiger charge is 2.32. The van der Waals surface area contributed by atoms with Crippen molar-refractivity contribution in [2.45, 2.75) is 25.1 Å². The van der Waals surface area contributed by atoms with E-state index in [1.54, 1.807) is 35.5 Å². The summed E-state index contributed by atoms with van der Waals surface area (Å²) >= 11 is 0. The quantitative estimate of drug-likeness (QED) is 0.895. The molecule has 1 amide bonds. The molecule has 1 N–H and O–H groups in total. The molecule has 0 saturated carbocycles. The second-order valence-corrected chi connectivity index (χ2v) is 6.12. The lowest BCUT2D eigenvalue weighted by Crippen LogP contribution is -2.38. The van der Waals surface area contributed by atoms with Gasteiger partial charge in [0.15, 0.2) is 6.10 Å². The van der Waals surface area contributed by atoms with Crippen molar-refractivity contribution >= 4 is 5.91 Å². The first-order chi connectivity index (χ1) is 11.6. The van der Waals surface area contributed by atoms with Crippen molar-refractivity contribution in [3.8, 4) is 0 Å². The average Bonchev–Trinajstić information content (AvgIpc) is 3.12. The van der Waals surface area contributed by atoms with Crippen LogP contribution in [0.3, 0.4) is 0 Å². The third-order valence-electron chi connectivity index (χ3n) is 4.46. The molecular formula is C18H22N4O2. The van der Waals surface area contributed by atoms with Crippen LogP contribution in [0.15, 0.2) is 48.8 Å². The highest BCUT2D eigenvalue weighted by molar-refractivity contribution is 5.82. The molecule has 0 aliphatic carbocycles. The first-order valence-corrected chi connectivity index (χ1v) is 8.13. The fourth-order valence-corrected chi connectivity index (χ4v) is 3.02. The Labute approximate surface area is 141 Å². The van der Waals surface area contributed by atoms with E-state index >= 15 is 0 Å². The average molecular weight is 326 g/mol. The number of carbonyl (C=O) groups excluding carboxylic acids is 1. The van der Waals surface area contributed by atoms with Gasteiger partial charge in [0.2, 0.25) is 0 Å². The van der Waals surface area contributed by atoms with Gasteiger partial charge in [0.25, 0.3) is 5.91 Å². The van der Waals surface area contributed by atoms with Crippen LogP contribution in [0.4, 0.5) is 0 Å². The molecular weight excluding hydrogens is 304 g/mol. The number of likely N-dealkylation sites (N-methyl/N-ethyl adjacent to an activating group) is 1. The second kappa shape index (κ2) is 7.51. The summed E-state index contributed by atoms with van der Waals surface area (Å²) in [5.74, 6) is 0.544. The van der Waals surface area contributed by atoms with Gasteiger partial charge in [0.05, 0.1) is 6.54 Å². The van der Waals surface area contributed by atoms with Crippen molar-refractivity contribution in [1.29, 1.82) is 0 Å². The van der Waals surface area contributed by atoms with Crippen molar-refractivity contribution in [2.75, 3.05) is 20.1 Å². The van der Waals surface area contributed by atoms with Gasteiger partial charge in [-0.05, 0) is 25.1 Å². The summed E-state index contributed by atoms with van der Waals surface area (Å²) in [5, 5.41) is 10.3. The Morgan fingerprint density at radius 3 is 2.71 bits per heavy atom. The van der Waals surface area contributed by atoms with Crippen molar-refractivity contribution in [1.82, 2.24) is 19.8 Å². The predicted octanol–water partition coefficient (Wildman–Crippen LogP) is 1.24. The van der Waals surface area contributed by atoms with Crippen molar-refractivity contribution in [3.63, 3.8) is 0 Å². The zero-order valence-electron chi connectivity index (χ0n) is 13.7. The predicted molar refractivity (Wildman–Crippen MR) is 89.9 cm³/mol. The highest BCUT2D eigenvalue weighted by Crippen LogP contribution is 2.21. The summed E-state index contributed by atoms with van der Waals surface area (Å²) in [6, 6.07) is 11.1. The van der Waals surface area contributed by atoms with Gasteiger partial charge < -0.3 is 10.0 Å². The molecule has 1 saturated heterocycles. The van der Waals surface area contributed by atoms with Crippen LogP contribution in [0.1, 0.15) is 23.9 Å². The van der Waals surface area contributed by atoms with Gasteiger partial charge in [-0.15, -0.1) is 0 Å². The largest absolute Gasteiger partial charge is 0.378 e. The van der Waals surface area contributed by atoms with Gasteiger partial charge in [-0.2, -0.15) is 0 Å². The van der Waals surface area contributed by atoms with Crippen LogP contribution in [0.5, 0.6) is 0 Å². The van der Waals surface area contributed by atoms with E-state index in [-0.39, 0.29) is 11.9 Å². The van der Waals surface area contributed by atoms with E-state index in [1.807, 2.05) is 25.2 Å². The Kier molecular flexibility index (Phi) is 5.17. The minimum absolute atomic E-state index is 0.229. The molecule has 6 heteroatoms. The lowest BCUT2D eigenvalue weighted by molar-refractivity contribution is -0.139. The molecule has 0 bridgehead atoms. The summed E-state index contributed by atoms with van der Waals surface area (Å²) < 4.78 is 0. The van der Waals surface area contributed by atoms with Crippen LogP contribution < -0.4 is 0 Å². The molecule has 126 valence electrons. The number of aliphatic hydroxyl groups is 1. The SMILES string of the molecule is CN(Cc1ncccn1)[C@@H]1CCN(C(=O)[C@H](O)c2ccccc2)C1. The molecule has 3 rings (SSSR count).